The molecule has 6 nitrogen and oxygen atoms in total. The van der Waals surface area contributed by atoms with Crippen LogP contribution < -0.4 is 0 Å². The van der Waals surface area contributed by atoms with E-state index >= 15 is 0 Å². The maximum Gasteiger partial charge on any atom is 0.283 e. The van der Waals surface area contributed by atoms with Crippen molar-refractivity contribution >= 4 is 39.8 Å². The molecule has 0 aliphatic carbocycles. The van der Waals surface area contributed by atoms with E-state index in [2.05, 4.69) is 59.7 Å². The first-order valence-electron chi connectivity index (χ1n) is 11.7. The number of benzene rings is 2. The van der Waals surface area contributed by atoms with Crippen LogP contribution in [-0.2, 0) is 4.79 Å². The van der Waals surface area contributed by atoms with Gasteiger partial charge in [-0.15, -0.1) is 0 Å². The Kier molecular flexibility index (Phi) is 6.03. The second kappa shape index (κ2) is 9.15. The van der Waals surface area contributed by atoms with Gasteiger partial charge in [0, 0.05) is 22.6 Å². The van der Waals surface area contributed by atoms with Crippen LogP contribution in [0.5, 0.6) is 0 Å². The molecule has 5 rings (SSSR count). The molecule has 176 valence electrons. The predicted molar refractivity (Wildman–Crippen MR) is 145 cm³/mol. The van der Waals surface area contributed by atoms with E-state index in [1.54, 1.807) is 6.08 Å². The standard InChI is InChI=1S/C28H27N5OS/c1-5-17(2)20-11-13-23(14-12-20)32-18(3)15-22(19(32)4)16-24-25(29)33-28(30-26(24)34)35-27(31-33)21-9-7-6-8-10-21/h6-17,29H,5H2,1-4H3/b24-16-,29-25?/t17-/m1/s1. The largest absolute Gasteiger partial charge is 0.318 e. The average molecular weight is 482 g/mol. The second-order valence-electron chi connectivity index (χ2n) is 8.85. The van der Waals surface area contributed by atoms with Crippen LogP contribution in [0.4, 0.5) is 0 Å². The number of aryl methyl sites for hydroxylation is 1. The summed E-state index contributed by atoms with van der Waals surface area (Å²) >= 11 is 1.31. The Morgan fingerprint density at radius 3 is 2.49 bits per heavy atom. The number of hydrazone groups is 1. The summed E-state index contributed by atoms with van der Waals surface area (Å²) in [5.74, 6) is 0.154. The first-order chi connectivity index (χ1) is 16.9. The van der Waals surface area contributed by atoms with Gasteiger partial charge in [0.2, 0.25) is 5.17 Å². The molecular formula is C28H27N5OS. The van der Waals surface area contributed by atoms with Crippen molar-refractivity contribution in [1.82, 2.24) is 9.58 Å². The third-order valence-electron chi connectivity index (χ3n) is 6.58. The highest BCUT2D eigenvalue weighted by atomic mass is 32.2. The van der Waals surface area contributed by atoms with Gasteiger partial charge in [0.1, 0.15) is 5.04 Å². The number of carbonyl (C=O) groups is 1. The molecule has 1 N–H and O–H groups in total. The average Bonchev–Trinajstić information content (AvgIpc) is 3.42. The second-order valence-corrected chi connectivity index (χ2v) is 9.81. The highest BCUT2D eigenvalue weighted by Crippen LogP contribution is 2.32. The third-order valence-corrected chi connectivity index (χ3v) is 7.54. The fourth-order valence-electron chi connectivity index (χ4n) is 4.36. The number of rotatable bonds is 5. The van der Waals surface area contributed by atoms with Gasteiger partial charge in [0.05, 0.1) is 5.57 Å². The van der Waals surface area contributed by atoms with Crippen molar-refractivity contribution in [3.05, 3.63) is 94.3 Å². The van der Waals surface area contributed by atoms with Gasteiger partial charge in [-0.3, -0.25) is 10.2 Å². The van der Waals surface area contributed by atoms with E-state index in [1.807, 2.05) is 43.3 Å². The number of hydrogen-bond acceptors (Lipinski definition) is 4. The van der Waals surface area contributed by atoms with Gasteiger partial charge in [-0.1, -0.05) is 56.3 Å². The zero-order valence-electron chi connectivity index (χ0n) is 20.2. The number of aromatic nitrogens is 1. The summed E-state index contributed by atoms with van der Waals surface area (Å²) in [6.07, 6.45) is 2.87. The van der Waals surface area contributed by atoms with Crippen LogP contribution in [0.2, 0.25) is 0 Å². The molecule has 2 aromatic carbocycles. The van der Waals surface area contributed by atoms with E-state index in [0.717, 1.165) is 39.7 Å². The number of aliphatic imine (C=N–C) groups is 1. The topological polar surface area (TPSA) is 73.8 Å². The molecule has 3 heterocycles. The SMILES string of the molecule is CC[C@@H](C)c1ccc(-n2c(C)cc(/C=C3/C(=N)N4N=C(c5ccccc5)SC4=NC3=O)c2C)cc1. The Labute approximate surface area is 209 Å². The number of nitrogens with zero attached hydrogens (tertiary/aromatic N) is 4. The Hall–Kier alpha value is -3.71. The minimum Gasteiger partial charge on any atom is -0.318 e. The fraction of sp³-hybridized carbons (Fsp3) is 0.214. The lowest BCUT2D eigenvalue weighted by Gasteiger charge is -2.20. The van der Waals surface area contributed by atoms with Crippen LogP contribution in [0.3, 0.4) is 0 Å². The molecule has 1 atom stereocenters. The zero-order chi connectivity index (χ0) is 24.7. The number of nitrogens with one attached hydrogen (secondary N) is 1. The van der Waals surface area contributed by atoms with Gasteiger partial charge in [0.15, 0.2) is 5.84 Å². The summed E-state index contributed by atoms with van der Waals surface area (Å²) in [4.78, 5) is 17.1. The summed E-state index contributed by atoms with van der Waals surface area (Å²) in [6, 6.07) is 20.4. The summed E-state index contributed by atoms with van der Waals surface area (Å²) in [5.41, 5.74) is 6.53. The van der Waals surface area contributed by atoms with Crippen molar-refractivity contribution in [2.45, 2.75) is 40.0 Å². The van der Waals surface area contributed by atoms with E-state index < -0.39 is 5.91 Å². The molecule has 0 radical (unpaired) electrons. The van der Waals surface area contributed by atoms with Crippen LogP contribution in [0.1, 0.15) is 54.3 Å². The molecule has 0 fully saturated rings. The van der Waals surface area contributed by atoms with Crippen molar-refractivity contribution in [2.75, 3.05) is 0 Å². The smallest absolute Gasteiger partial charge is 0.283 e. The van der Waals surface area contributed by atoms with E-state index in [4.69, 9.17) is 5.41 Å². The highest BCUT2D eigenvalue weighted by Gasteiger charge is 2.36. The van der Waals surface area contributed by atoms with E-state index in [9.17, 15) is 4.79 Å². The summed E-state index contributed by atoms with van der Waals surface area (Å²) in [5, 5.41) is 15.9. The quantitative estimate of drug-likeness (QED) is 0.436. The highest BCUT2D eigenvalue weighted by molar-refractivity contribution is 8.27. The number of fused-ring (bicyclic) bond motifs is 1. The van der Waals surface area contributed by atoms with Crippen molar-refractivity contribution in [2.24, 2.45) is 10.1 Å². The summed E-state index contributed by atoms with van der Waals surface area (Å²) in [7, 11) is 0. The van der Waals surface area contributed by atoms with Crippen LogP contribution in [-0.4, -0.2) is 31.5 Å². The van der Waals surface area contributed by atoms with Crippen molar-refractivity contribution < 1.29 is 4.79 Å². The molecule has 1 amide bonds. The molecule has 3 aromatic rings. The molecule has 2 aliphatic rings. The molecule has 0 bridgehead atoms. The number of amidine groups is 2. The lowest BCUT2D eigenvalue weighted by Crippen LogP contribution is -2.35. The molecule has 7 heteroatoms. The fourth-order valence-corrected chi connectivity index (χ4v) is 5.26. The first-order valence-corrected chi connectivity index (χ1v) is 12.5. The van der Waals surface area contributed by atoms with Gasteiger partial charge in [0.25, 0.3) is 5.91 Å². The summed E-state index contributed by atoms with van der Waals surface area (Å²) < 4.78 is 2.18. The Morgan fingerprint density at radius 1 is 1.09 bits per heavy atom. The number of amides is 1. The van der Waals surface area contributed by atoms with E-state index in [0.29, 0.717) is 11.1 Å². The van der Waals surface area contributed by atoms with Crippen molar-refractivity contribution in [3.8, 4) is 5.69 Å². The van der Waals surface area contributed by atoms with E-state index in [-0.39, 0.29) is 11.4 Å². The van der Waals surface area contributed by atoms with Crippen LogP contribution in [0.15, 0.2) is 76.3 Å². The number of carbonyl (C=O) groups excluding carboxylic acids is 1. The van der Waals surface area contributed by atoms with Crippen LogP contribution in [0, 0.1) is 19.3 Å². The molecule has 1 aromatic heterocycles. The first kappa shape index (κ1) is 23.1. The Morgan fingerprint density at radius 2 is 1.80 bits per heavy atom. The molecule has 35 heavy (non-hydrogen) atoms. The Balaban J connectivity index is 1.47. The molecule has 0 unspecified atom stereocenters. The molecule has 0 spiro atoms. The minimum atomic E-state index is -0.416. The van der Waals surface area contributed by atoms with Gasteiger partial charge < -0.3 is 4.57 Å². The molecular weight excluding hydrogens is 454 g/mol. The maximum absolute atomic E-state index is 12.9. The lowest BCUT2D eigenvalue weighted by atomic mass is 9.98. The molecule has 2 aliphatic heterocycles. The number of hydrogen-bond donors (Lipinski definition) is 1. The van der Waals surface area contributed by atoms with Crippen molar-refractivity contribution in [3.63, 3.8) is 0 Å². The van der Waals surface area contributed by atoms with Crippen LogP contribution >= 0.6 is 11.8 Å². The third kappa shape index (κ3) is 4.17. The molecule has 0 saturated carbocycles. The van der Waals surface area contributed by atoms with E-state index in [1.165, 1.54) is 22.3 Å². The maximum atomic E-state index is 12.9. The van der Waals surface area contributed by atoms with Crippen LogP contribution in [0.25, 0.3) is 11.8 Å². The van der Waals surface area contributed by atoms with Gasteiger partial charge in [-0.25, -0.2) is 0 Å². The molecule has 0 saturated heterocycles. The zero-order valence-corrected chi connectivity index (χ0v) is 21.1. The Bertz CT molecular complexity index is 1410. The predicted octanol–water partition coefficient (Wildman–Crippen LogP) is 6.28. The lowest BCUT2D eigenvalue weighted by molar-refractivity contribution is -0.114. The van der Waals surface area contributed by atoms with Gasteiger partial charge >= 0.3 is 0 Å². The van der Waals surface area contributed by atoms with Gasteiger partial charge in [-0.05, 0) is 73.4 Å². The normalized spacial score (nSPS) is 17.5. The number of thioether (sulfide) groups is 1. The summed E-state index contributed by atoms with van der Waals surface area (Å²) in [6.45, 7) is 8.52. The minimum absolute atomic E-state index is 0.0427. The van der Waals surface area contributed by atoms with Gasteiger partial charge in [-0.2, -0.15) is 15.1 Å². The van der Waals surface area contributed by atoms with Crippen molar-refractivity contribution in [1.29, 1.82) is 5.41 Å². The monoisotopic (exact) mass is 481 g/mol.